The van der Waals surface area contributed by atoms with Crippen molar-refractivity contribution in [3.63, 3.8) is 0 Å². The van der Waals surface area contributed by atoms with E-state index in [0.29, 0.717) is 13.0 Å². The molecule has 1 fully saturated rings. The molecular formula is C20H30N2O4S. The molecule has 0 aliphatic heterocycles. The second kappa shape index (κ2) is 9.37. The van der Waals surface area contributed by atoms with Gasteiger partial charge in [-0.05, 0) is 57.2 Å². The first-order valence-electron chi connectivity index (χ1n) is 9.40. The summed E-state index contributed by atoms with van der Waals surface area (Å²) in [5.74, 6) is 0. The molecule has 2 N–H and O–H groups in total. The molecule has 1 aromatic carbocycles. The molecule has 7 heteroatoms. The van der Waals surface area contributed by atoms with Gasteiger partial charge < -0.3 is 10.1 Å². The van der Waals surface area contributed by atoms with Gasteiger partial charge in [-0.25, -0.2) is 17.9 Å². The highest BCUT2D eigenvalue weighted by Gasteiger charge is 2.19. The summed E-state index contributed by atoms with van der Waals surface area (Å²) < 4.78 is 32.4. The van der Waals surface area contributed by atoms with Crippen LogP contribution in [0.4, 0.5) is 4.79 Å². The Kier molecular flexibility index (Phi) is 7.44. The fourth-order valence-electron chi connectivity index (χ4n) is 3.02. The van der Waals surface area contributed by atoms with Crippen molar-refractivity contribution < 1.29 is 17.9 Å². The molecule has 0 aromatic heterocycles. The zero-order valence-corrected chi connectivity index (χ0v) is 17.1. The van der Waals surface area contributed by atoms with Gasteiger partial charge in [0.25, 0.3) is 0 Å². The standard InChI is InChI=1S/C20H30N2O4S/c1-20(2,3)26-19(23)21-14-12-16-8-4-5-9-17(16)13-15-27(24,25)22-18-10-6-7-11-18/h4-5,8-9,13,15,18,22H,6-7,10-12,14H2,1-3H3,(H,21,23)/b15-13+. The molecule has 27 heavy (non-hydrogen) atoms. The summed E-state index contributed by atoms with van der Waals surface area (Å²) in [6, 6.07) is 7.60. The number of nitrogens with one attached hydrogen (secondary N) is 2. The third-order valence-corrected chi connectivity index (χ3v) is 5.39. The number of amides is 1. The molecule has 1 aromatic rings. The average molecular weight is 395 g/mol. The minimum Gasteiger partial charge on any atom is -0.444 e. The van der Waals surface area contributed by atoms with Gasteiger partial charge in [0, 0.05) is 18.0 Å². The lowest BCUT2D eigenvalue weighted by molar-refractivity contribution is 0.0528. The molecule has 1 amide bonds. The zero-order valence-electron chi connectivity index (χ0n) is 16.3. The van der Waals surface area contributed by atoms with Crippen LogP contribution in [0.5, 0.6) is 0 Å². The van der Waals surface area contributed by atoms with E-state index in [4.69, 9.17) is 4.74 Å². The molecule has 0 bridgehead atoms. The lowest BCUT2D eigenvalue weighted by atomic mass is 10.0. The molecule has 0 radical (unpaired) electrons. The van der Waals surface area contributed by atoms with E-state index in [0.717, 1.165) is 36.8 Å². The maximum absolute atomic E-state index is 12.2. The SMILES string of the molecule is CC(C)(C)OC(=O)NCCc1ccccc1/C=C/S(=O)(=O)NC1CCCC1. The first-order valence-corrected chi connectivity index (χ1v) is 10.9. The van der Waals surface area contributed by atoms with Crippen LogP contribution in [0.2, 0.25) is 0 Å². The van der Waals surface area contributed by atoms with Crippen LogP contribution in [0, 0.1) is 0 Å². The number of hydrogen-bond acceptors (Lipinski definition) is 4. The normalized spacial score (nSPS) is 16.0. The van der Waals surface area contributed by atoms with E-state index in [1.807, 2.05) is 45.0 Å². The van der Waals surface area contributed by atoms with Gasteiger partial charge in [0.1, 0.15) is 5.60 Å². The summed E-state index contributed by atoms with van der Waals surface area (Å²) in [7, 11) is -3.45. The molecule has 0 spiro atoms. The molecule has 1 aliphatic rings. The Morgan fingerprint density at radius 3 is 2.56 bits per heavy atom. The first-order chi connectivity index (χ1) is 12.6. The van der Waals surface area contributed by atoms with Crippen molar-refractivity contribution in [2.45, 2.75) is 64.5 Å². The van der Waals surface area contributed by atoms with Crippen molar-refractivity contribution in [1.82, 2.24) is 10.0 Å². The van der Waals surface area contributed by atoms with Crippen LogP contribution in [-0.2, 0) is 21.2 Å². The third-order valence-electron chi connectivity index (χ3n) is 4.23. The van der Waals surface area contributed by atoms with E-state index in [-0.39, 0.29) is 6.04 Å². The van der Waals surface area contributed by atoms with Crippen LogP contribution >= 0.6 is 0 Å². The number of rotatable bonds is 7. The predicted molar refractivity (Wildman–Crippen MR) is 108 cm³/mol. The van der Waals surface area contributed by atoms with Crippen molar-refractivity contribution in [2.75, 3.05) is 6.54 Å². The molecule has 0 atom stereocenters. The number of ether oxygens (including phenoxy) is 1. The van der Waals surface area contributed by atoms with Gasteiger partial charge in [0.15, 0.2) is 0 Å². The van der Waals surface area contributed by atoms with Crippen LogP contribution in [0.3, 0.4) is 0 Å². The van der Waals surface area contributed by atoms with Crippen LogP contribution in [0.1, 0.15) is 57.6 Å². The third kappa shape index (κ3) is 8.13. The summed E-state index contributed by atoms with van der Waals surface area (Å²) in [6.07, 6.45) is 5.68. The molecule has 0 unspecified atom stereocenters. The number of carbonyl (C=O) groups is 1. The van der Waals surface area contributed by atoms with E-state index in [2.05, 4.69) is 10.0 Å². The first kappa shape index (κ1) is 21.4. The molecule has 1 aliphatic carbocycles. The predicted octanol–water partition coefficient (Wildman–Crippen LogP) is 3.59. The maximum Gasteiger partial charge on any atom is 0.407 e. The van der Waals surface area contributed by atoms with Crippen LogP contribution in [-0.4, -0.2) is 32.7 Å². The highest BCUT2D eigenvalue weighted by Crippen LogP contribution is 2.19. The minimum atomic E-state index is -3.45. The Bertz CT molecular complexity index is 760. The van der Waals surface area contributed by atoms with E-state index < -0.39 is 21.7 Å². The Balaban J connectivity index is 1.93. The fraction of sp³-hybridized carbons (Fsp3) is 0.550. The second-order valence-electron chi connectivity index (χ2n) is 7.82. The largest absolute Gasteiger partial charge is 0.444 e. The van der Waals surface area contributed by atoms with Crippen molar-refractivity contribution in [3.05, 3.63) is 40.8 Å². The van der Waals surface area contributed by atoms with E-state index in [9.17, 15) is 13.2 Å². The lowest BCUT2D eigenvalue weighted by Gasteiger charge is -2.19. The van der Waals surface area contributed by atoms with Crippen molar-refractivity contribution in [1.29, 1.82) is 0 Å². The summed E-state index contributed by atoms with van der Waals surface area (Å²) in [4.78, 5) is 11.7. The topological polar surface area (TPSA) is 84.5 Å². The number of sulfonamides is 1. The van der Waals surface area contributed by atoms with E-state index in [1.54, 1.807) is 6.08 Å². The highest BCUT2D eigenvalue weighted by atomic mass is 32.2. The highest BCUT2D eigenvalue weighted by molar-refractivity contribution is 7.92. The summed E-state index contributed by atoms with van der Waals surface area (Å²) in [5.41, 5.74) is 1.24. The van der Waals surface area contributed by atoms with E-state index >= 15 is 0 Å². The minimum absolute atomic E-state index is 0.0490. The van der Waals surface area contributed by atoms with Gasteiger partial charge in [-0.15, -0.1) is 0 Å². The number of benzene rings is 1. The summed E-state index contributed by atoms with van der Waals surface area (Å²) >= 11 is 0. The smallest absolute Gasteiger partial charge is 0.407 e. The fourth-order valence-corrected chi connectivity index (χ4v) is 4.12. The molecule has 2 rings (SSSR count). The maximum atomic E-state index is 12.2. The summed E-state index contributed by atoms with van der Waals surface area (Å²) in [5, 5.41) is 3.95. The molecular weight excluding hydrogens is 364 g/mol. The van der Waals surface area contributed by atoms with Gasteiger partial charge in [-0.2, -0.15) is 0 Å². The van der Waals surface area contributed by atoms with Crippen LogP contribution < -0.4 is 10.0 Å². The van der Waals surface area contributed by atoms with Gasteiger partial charge in [-0.1, -0.05) is 37.1 Å². The van der Waals surface area contributed by atoms with Crippen molar-refractivity contribution >= 4 is 22.2 Å². The molecule has 0 saturated heterocycles. The lowest BCUT2D eigenvalue weighted by Crippen LogP contribution is -2.33. The quantitative estimate of drug-likeness (QED) is 0.740. The van der Waals surface area contributed by atoms with Gasteiger partial charge in [0.2, 0.25) is 10.0 Å². The number of alkyl carbamates (subject to hydrolysis) is 1. The number of hydrogen-bond donors (Lipinski definition) is 2. The Hall–Kier alpha value is -1.86. The zero-order chi connectivity index (χ0) is 19.9. The van der Waals surface area contributed by atoms with Crippen LogP contribution in [0.25, 0.3) is 6.08 Å². The molecule has 6 nitrogen and oxygen atoms in total. The molecule has 1 saturated carbocycles. The van der Waals surface area contributed by atoms with Crippen LogP contribution in [0.15, 0.2) is 29.7 Å². The number of carbonyl (C=O) groups excluding carboxylic acids is 1. The summed E-state index contributed by atoms with van der Waals surface area (Å²) in [6.45, 7) is 5.85. The van der Waals surface area contributed by atoms with Crippen molar-refractivity contribution in [2.24, 2.45) is 0 Å². The Labute approximate surface area is 162 Å². The Morgan fingerprint density at radius 2 is 1.89 bits per heavy atom. The van der Waals surface area contributed by atoms with Gasteiger partial charge in [-0.3, -0.25) is 0 Å². The van der Waals surface area contributed by atoms with Gasteiger partial charge >= 0.3 is 6.09 Å². The average Bonchev–Trinajstić information content (AvgIpc) is 3.04. The van der Waals surface area contributed by atoms with E-state index in [1.165, 1.54) is 5.41 Å². The van der Waals surface area contributed by atoms with Crippen molar-refractivity contribution in [3.8, 4) is 0 Å². The molecule has 150 valence electrons. The molecule has 0 heterocycles. The second-order valence-corrected chi connectivity index (χ2v) is 9.42. The monoisotopic (exact) mass is 394 g/mol. The van der Waals surface area contributed by atoms with Gasteiger partial charge in [0.05, 0.1) is 0 Å². The Morgan fingerprint density at radius 1 is 1.22 bits per heavy atom.